The van der Waals surface area contributed by atoms with Gasteiger partial charge in [0.1, 0.15) is 11.7 Å². The zero-order chi connectivity index (χ0) is 23.7. The van der Waals surface area contributed by atoms with E-state index < -0.39 is 28.7 Å². The maximum absolute atomic E-state index is 12.8. The highest BCUT2D eigenvalue weighted by Crippen LogP contribution is 2.15. The minimum atomic E-state index is -1.19. The molecule has 168 valence electrons. The summed E-state index contributed by atoms with van der Waals surface area (Å²) in [6, 6.07) is 10.7. The van der Waals surface area contributed by atoms with Crippen LogP contribution < -0.4 is 10.6 Å². The average molecular weight is 522 g/mol. The number of benzene rings is 2. The summed E-state index contributed by atoms with van der Waals surface area (Å²) in [5, 5.41) is 25.2. The molecule has 2 amide bonds. The summed E-state index contributed by atoms with van der Waals surface area (Å²) in [5.41, 5.74) is 0.373. The molecule has 2 aromatic rings. The molecule has 0 bridgehead atoms. The van der Waals surface area contributed by atoms with Gasteiger partial charge in [-0.1, -0.05) is 15.9 Å². The van der Waals surface area contributed by atoms with Crippen LogP contribution in [0.2, 0.25) is 0 Å². The van der Waals surface area contributed by atoms with Gasteiger partial charge < -0.3 is 15.7 Å². The number of amides is 2. The molecule has 0 saturated carbocycles. The highest BCUT2D eigenvalue weighted by molar-refractivity contribution is 9.10. The number of non-ortho nitro benzene ring substituents is 1. The maximum atomic E-state index is 12.8. The molecule has 0 spiro atoms. The van der Waals surface area contributed by atoms with E-state index in [-0.39, 0.29) is 23.4 Å². The molecule has 0 aliphatic rings. The molecule has 11 heteroatoms. The van der Waals surface area contributed by atoms with E-state index in [0.717, 1.165) is 4.47 Å². The lowest BCUT2D eigenvalue weighted by molar-refractivity contribution is -0.384. The number of nitrogens with one attached hydrogen (secondary N) is 2. The van der Waals surface area contributed by atoms with Gasteiger partial charge in [-0.2, -0.15) is 11.8 Å². The highest BCUT2D eigenvalue weighted by atomic mass is 79.9. The Labute approximate surface area is 196 Å². The lowest BCUT2D eigenvalue weighted by atomic mass is 10.1. The van der Waals surface area contributed by atoms with E-state index >= 15 is 0 Å². The van der Waals surface area contributed by atoms with Gasteiger partial charge in [0, 0.05) is 22.2 Å². The molecule has 0 heterocycles. The Morgan fingerprint density at radius 2 is 1.78 bits per heavy atom. The van der Waals surface area contributed by atoms with Gasteiger partial charge in [0.05, 0.1) is 4.92 Å². The fourth-order valence-electron chi connectivity index (χ4n) is 2.54. The number of aliphatic carboxylic acids is 1. The van der Waals surface area contributed by atoms with Crippen molar-refractivity contribution in [3.05, 3.63) is 79.9 Å². The number of nitro benzene ring substituents is 1. The number of hydrogen-bond acceptors (Lipinski definition) is 6. The smallest absolute Gasteiger partial charge is 0.326 e. The molecule has 32 heavy (non-hydrogen) atoms. The Morgan fingerprint density at radius 3 is 2.31 bits per heavy atom. The number of carboxylic acids is 1. The zero-order valence-corrected chi connectivity index (χ0v) is 19.3. The molecule has 2 rings (SSSR count). The molecular weight excluding hydrogens is 502 g/mol. The van der Waals surface area contributed by atoms with Crippen molar-refractivity contribution in [2.45, 2.75) is 12.5 Å². The second kappa shape index (κ2) is 12.0. The van der Waals surface area contributed by atoms with Crippen LogP contribution in [0.3, 0.4) is 0 Å². The van der Waals surface area contributed by atoms with Gasteiger partial charge in [-0.15, -0.1) is 0 Å². The van der Waals surface area contributed by atoms with E-state index in [4.69, 9.17) is 0 Å². The monoisotopic (exact) mass is 521 g/mol. The van der Waals surface area contributed by atoms with Crippen molar-refractivity contribution in [1.29, 1.82) is 0 Å². The number of carbonyl (C=O) groups excluding carboxylic acids is 2. The first-order valence-electron chi connectivity index (χ1n) is 9.27. The summed E-state index contributed by atoms with van der Waals surface area (Å²) in [5.74, 6) is -2.04. The topological polar surface area (TPSA) is 139 Å². The quantitative estimate of drug-likeness (QED) is 0.247. The highest BCUT2D eigenvalue weighted by Gasteiger charge is 2.23. The van der Waals surface area contributed by atoms with Gasteiger partial charge in [0.15, 0.2) is 0 Å². The third kappa shape index (κ3) is 7.50. The van der Waals surface area contributed by atoms with Gasteiger partial charge in [0.2, 0.25) is 0 Å². The number of thioether (sulfide) groups is 1. The molecule has 0 aromatic heterocycles. The number of carbonyl (C=O) groups is 3. The first-order valence-corrected chi connectivity index (χ1v) is 11.5. The van der Waals surface area contributed by atoms with Crippen LogP contribution in [-0.4, -0.2) is 45.9 Å². The van der Waals surface area contributed by atoms with Gasteiger partial charge >= 0.3 is 5.97 Å². The van der Waals surface area contributed by atoms with Crippen molar-refractivity contribution in [3.8, 4) is 0 Å². The first kappa shape index (κ1) is 25.1. The van der Waals surface area contributed by atoms with Gasteiger partial charge in [-0.05, 0) is 66.5 Å². The van der Waals surface area contributed by atoms with E-state index in [0.29, 0.717) is 11.3 Å². The molecule has 9 nitrogen and oxygen atoms in total. The third-order valence-corrected chi connectivity index (χ3v) is 5.40. The third-order valence-electron chi connectivity index (χ3n) is 4.23. The van der Waals surface area contributed by atoms with Crippen molar-refractivity contribution in [1.82, 2.24) is 10.6 Å². The lowest BCUT2D eigenvalue weighted by Gasteiger charge is -2.16. The van der Waals surface area contributed by atoms with Crippen molar-refractivity contribution >= 4 is 57.2 Å². The number of hydrogen-bond donors (Lipinski definition) is 3. The maximum Gasteiger partial charge on any atom is 0.326 e. The molecule has 0 fully saturated rings. The molecular formula is C21H20BrN3O6S. The Morgan fingerprint density at radius 1 is 1.16 bits per heavy atom. The van der Waals surface area contributed by atoms with E-state index in [1.807, 2.05) is 6.26 Å². The molecule has 3 N–H and O–H groups in total. The van der Waals surface area contributed by atoms with Crippen LogP contribution in [0.25, 0.3) is 6.08 Å². The lowest BCUT2D eigenvalue weighted by Crippen LogP contribution is -2.44. The molecule has 0 radical (unpaired) electrons. The summed E-state index contributed by atoms with van der Waals surface area (Å²) in [6.45, 7) is 0. The fourth-order valence-corrected chi connectivity index (χ4v) is 3.28. The minimum absolute atomic E-state index is 0.130. The summed E-state index contributed by atoms with van der Waals surface area (Å²) in [4.78, 5) is 47.3. The van der Waals surface area contributed by atoms with Crippen LogP contribution >= 0.6 is 27.7 Å². The fraction of sp³-hybridized carbons (Fsp3) is 0.190. The average Bonchev–Trinajstić information content (AvgIpc) is 2.76. The van der Waals surface area contributed by atoms with Crippen LogP contribution in [0.5, 0.6) is 0 Å². The van der Waals surface area contributed by atoms with Crippen LogP contribution in [0.15, 0.2) is 58.7 Å². The molecule has 0 unspecified atom stereocenters. The van der Waals surface area contributed by atoms with E-state index in [9.17, 15) is 29.6 Å². The predicted octanol–water partition coefficient (Wildman–Crippen LogP) is 3.45. The summed E-state index contributed by atoms with van der Waals surface area (Å²) in [7, 11) is 0. The Kier molecular flexibility index (Phi) is 9.41. The first-order chi connectivity index (χ1) is 15.2. The molecule has 0 saturated heterocycles. The van der Waals surface area contributed by atoms with Crippen molar-refractivity contribution in [3.63, 3.8) is 0 Å². The van der Waals surface area contributed by atoms with Crippen molar-refractivity contribution in [2.24, 2.45) is 0 Å². The summed E-state index contributed by atoms with van der Waals surface area (Å²) in [6.07, 6.45) is 3.34. The number of nitro groups is 1. The van der Waals surface area contributed by atoms with Crippen molar-refractivity contribution < 1.29 is 24.4 Å². The largest absolute Gasteiger partial charge is 0.480 e. The van der Waals surface area contributed by atoms with Crippen LogP contribution in [-0.2, 0) is 9.59 Å². The Bertz CT molecular complexity index is 1020. The molecule has 1 atom stereocenters. The van der Waals surface area contributed by atoms with E-state index in [1.54, 1.807) is 24.3 Å². The number of rotatable bonds is 10. The summed E-state index contributed by atoms with van der Waals surface area (Å²) >= 11 is 4.72. The molecule has 2 aromatic carbocycles. The second-order valence-corrected chi connectivity index (χ2v) is 8.41. The van der Waals surface area contributed by atoms with Crippen LogP contribution in [0.4, 0.5) is 5.69 Å². The normalized spacial score (nSPS) is 12.0. The predicted molar refractivity (Wildman–Crippen MR) is 125 cm³/mol. The van der Waals surface area contributed by atoms with E-state index in [2.05, 4.69) is 26.6 Å². The van der Waals surface area contributed by atoms with Crippen LogP contribution in [0, 0.1) is 10.1 Å². The molecule has 0 aliphatic carbocycles. The minimum Gasteiger partial charge on any atom is -0.480 e. The standard InChI is InChI=1S/C21H20BrN3O6S/c1-32-11-10-17(21(28)29)23-20(27)18(12-13-2-8-16(9-3-13)25(30)31)24-19(26)14-4-6-15(22)7-5-14/h2-9,12,17H,10-11H2,1H3,(H,23,27)(H,24,26)(H,28,29)/b18-12+/t17-/m0/s1. The number of halogens is 1. The number of carboxylic acid groups (broad SMARTS) is 1. The zero-order valence-electron chi connectivity index (χ0n) is 16.9. The number of nitrogens with zero attached hydrogens (tertiary/aromatic N) is 1. The van der Waals surface area contributed by atoms with Gasteiger partial charge in [-0.25, -0.2) is 4.79 Å². The second-order valence-electron chi connectivity index (χ2n) is 6.51. The molecule has 0 aliphatic heterocycles. The van der Waals surface area contributed by atoms with Crippen molar-refractivity contribution in [2.75, 3.05) is 12.0 Å². The Hall–Kier alpha value is -3.18. The van der Waals surface area contributed by atoms with Gasteiger partial charge in [-0.3, -0.25) is 19.7 Å². The Balaban J connectivity index is 2.32. The SMILES string of the molecule is CSCC[C@H](NC(=O)/C(=C\c1ccc([N+](=O)[O-])cc1)NC(=O)c1ccc(Br)cc1)C(=O)O. The van der Waals surface area contributed by atoms with E-state index in [1.165, 1.54) is 42.1 Å². The summed E-state index contributed by atoms with van der Waals surface area (Å²) < 4.78 is 0.770. The van der Waals surface area contributed by atoms with Gasteiger partial charge in [0.25, 0.3) is 17.5 Å². The van der Waals surface area contributed by atoms with Crippen LogP contribution in [0.1, 0.15) is 22.3 Å².